The molecule has 6 nitrogen and oxygen atoms in total. The molecule has 5 N–H and O–H groups in total. The number of nitrogens with two attached hydrogens (primary N) is 2. The van der Waals surface area contributed by atoms with Crippen LogP contribution in [0.1, 0.15) is 37.1 Å². The van der Waals surface area contributed by atoms with Crippen molar-refractivity contribution < 1.29 is 0 Å². The molecule has 3 rings (SSSR count). The second kappa shape index (κ2) is 4.54. The van der Waals surface area contributed by atoms with Gasteiger partial charge in [-0.15, -0.1) is 0 Å². The SMILES string of the molecule is Cc1cc(C)n(C2(C3CCCC3)N=C(N)C=C(N)N2)n1. The Kier molecular flexibility index (Phi) is 2.96. The topological polar surface area (TPSA) is 94.2 Å². The summed E-state index contributed by atoms with van der Waals surface area (Å²) in [7, 11) is 0. The van der Waals surface area contributed by atoms with Crippen molar-refractivity contribution in [2.45, 2.75) is 45.3 Å². The van der Waals surface area contributed by atoms with Crippen molar-refractivity contribution in [1.82, 2.24) is 15.1 Å². The van der Waals surface area contributed by atoms with E-state index in [0.29, 0.717) is 17.6 Å². The first kappa shape index (κ1) is 13.0. The summed E-state index contributed by atoms with van der Waals surface area (Å²) >= 11 is 0. The molecule has 2 heterocycles. The van der Waals surface area contributed by atoms with E-state index in [1.165, 1.54) is 12.8 Å². The molecule has 6 heteroatoms. The van der Waals surface area contributed by atoms with Crippen molar-refractivity contribution in [2.75, 3.05) is 0 Å². The molecule has 0 bridgehead atoms. The molecule has 1 aromatic heterocycles. The lowest BCUT2D eigenvalue weighted by Crippen LogP contribution is -2.56. The number of hydrogen-bond donors (Lipinski definition) is 3. The molecule has 1 atom stereocenters. The summed E-state index contributed by atoms with van der Waals surface area (Å²) < 4.78 is 1.95. The second-order valence-corrected chi connectivity index (χ2v) is 5.81. The van der Waals surface area contributed by atoms with Crippen LogP contribution in [0.3, 0.4) is 0 Å². The van der Waals surface area contributed by atoms with Gasteiger partial charge >= 0.3 is 0 Å². The van der Waals surface area contributed by atoms with Crippen LogP contribution < -0.4 is 16.8 Å². The standard InChI is InChI=1S/C14H22N6/c1-9-7-10(2)20(19-9)14(11-5-3-4-6-11)17-12(15)8-13(16)18-14/h7-8,11,17H,3-6,15H2,1-2H3,(H2,16,18). The predicted molar refractivity (Wildman–Crippen MR) is 78.7 cm³/mol. The Morgan fingerprint density at radius 3 is 2.55 bits per heavy atom. The molecule has 0 amide bonds. The first-order chi connectivity index (χ1) is 9.51. The number of aromatic nitrogens is 2. The molecular formula is C14H22N6. The highest BCUT2D eigenvalue weighted by Crippen LogP contribution is 2.40. The van der Waals surface area contributed by atoms with Gasteiger partial charge in [0.15, 0.2) is 0 Å². The average Bonchev–Trinajstić information content (AvgIpc) is 2.97. The van der Waals surface area contributed by atoms with Crippen LogP contribution in [0.4, 0.5) is 0 Å². The maximum atomic E-state index is 6.01. The van der Waals surface area contributed by atoms with Crippen molar-refractivity contribution in [3.8, 4) is 0 Å². The molecule has 1 fully saturated rings. The van der Waals surface area contributed by atoms with Gasteiger partial charge in [0, 0.05) is 17.7 Å². The van der Waals surface area contributed by atoms with Gasteiger partial charge in [-0.05, 0) is 32.8 Å². The minimum absolute atomic E-state index is 0.353. The normalized spacial score (nSPS) is 27.1. The van der Waals surface area contributed by atoms with Crippen LogP contribution in [-0.4, -0.2) is 15.6 Å². The third-order valence-corrected chi connectivity index (χ3v) is 4.19. The van der Waals surface area contributed by atoms with Crippen molar-refractivity contribution in [3.05, 3.63) is 29.4 Å². The molecule has 1 aromatic rings. The molecule has 0 saturated heterocycles. The Bertz CT molecular complexity index is 578. The van der Waals surface area contributed by atoms with Gasteiger partial charge in [-0.1, -0.05) is 12.8 Å². The van der Waals surface area contributed by atoms with E-state index in [1.807, 2.05) is 18.5 Å². The zero-order valence-corrected chi connectivity index (χ0v) is 12.1. The molecule has 0 spiro atoms. The Labute approximate surface area is 118 Å². The monoisotopic (exact) mass is 274 g/mol. The maximum absolute atomic E-state index is 6.01. The van der Waals surface area contributed by atoms with Crippen LogP contribution in [0.2, 0.25) is 0 Å². The highest BCUT2D eigenvalue weighted by Gasteiger charge is 2.45. The molecular weight excluding hydrogens is 252 g/mol. The number of aryl methyl sites for hydroxylation is 2. The molecule has 20 heavy (non-hydrogen) atoms. The maximum Gasteiger partial charge on any atom is 0.232 e. The molecule has 0 radical (unpaired) electrons. The van der Waals surface area contributed by atoms with Gasteiger partial charge < -0.3 is 16.8 Å². The molecule has 108 valence electrons. The molecule has 2 aliphatic rings. The molecule has 1 unspecified atom stereocenters. The fourth-order valence-corrected chi connectivity index (χ4v) is 3.43. The third kappa shape index (κ3) is 1.95. The second-order valence-electron chi connectivity index (χ2n) is 5.81. The summed E-state index contributed by atoms with van der Waals surface area (Å²) in [5.74, 6) is 0.696. The van der Waals surface area contributed by atoms with Gasteiger partial charge in [-0.25, -0.2) is 9.67 Å². The summed E-state index contributed by atoms with van der Waals surface area (Å²) in [5.41, 5.74) is 14.0. The Morgan fingerprint density at radius 1 is 1.30 bits per heavy atom. The van der Waals surface area contributed by atoms with Gasteiger partial charge in [0.25, 0.3) is 0 Å². The smallest absolute Gasteiger partial charge is 0.232 e. The number of nitrogens with zero attached hydrogens (tertiary/aromatic N) is 3. The minimum Gasteiger partial charge on any atom is -0.385 e. The van der Waals surface area contributed by atoms with Crippen molar-refractivity contribution in [3.63, 3.8) is 0 Å². The molecule has 1 aliphatic heterocycles. The van der Waals surface area contributed by atoms with Crippen LogP contribution in [-0.2, 0) is 5.79 Å². The third-order valence-electron chi connectivity index (χ3n) is 4.19. The Balaban J connectivity index is 2.14. The predicted octanol–water partition coefficient (Wildman–Crippen LogP) is 1.06. The number of nitrogens with one attached hydrogen (secondary N) is 1. The highest BCUT2D eigenvalue weighted by molar-refractivity contribution is 5.92. The van der Waals surface area contributed by atoms with Gasteiger partial charge in [-0.3, -0.25) is 0 Å². The minimum atomic E-state index is -0.669. The van der Waals surface area contributed by atoms with Crippen LogP contribution >= 0.6 is 0 Å². The highest BCUT2D eigenvalue weighted by atomic mass is 15.5. The first-order valence-corrected chi connectivity index (χ1v) is 7.16. The van der Waals surface area contributed by atoms with Crippen LogP contribution in [0.25, 0.3) is 0 Å². The summed E-state index contributed by atoms with van der Waals surface area (Å²) in [6.45, 7) is 4.03. The Morgan fingerprint density at radius 2 is 2.00 bits per heavy atom. The van der Waals surface area contributed by atoms with E-state index in [9.17, 15) is 0 Å². The van der Waals surface area contributed by atoms with Gasteiger partial charge in [0.1, 0.15) is 11.7 Å². The molecule has 0 aromatic carbocycles. The summed E-state index contributed by atoms with van der Waals surface area (Å²) in [6, 6.07) is 2.05. The van der Waals surface area contributed by atoms with Crippen molar-refractivity contribution >= 4 is 5.84 Å². The number of hydrogen-bond acceptors (Lipinski definition) is 5. The first-order valence-electron chi connectivity index (χ1n) is 7.16. The van der Waals surface area contributed by atoms with Gasteiger partial charge in [-0.2, -0.15) is 5.10 Å². The van der Waals surface area contributed by atoms with Gasteiger partial charge in [0.2, 0.25) is 5.79 Å². The fraction of sp³-hybridized carbons (Fsp3) is 0.571. The van der Waals surface area contributed by atoms with Gasteiger partial charge in [0.05, 0.1) is 5.69 Å². The molecule has 1 saturated carbocycles. The summed E-state index contributed by atoms with van der Waals surface area (Å²) in [4.78, 5) is 4.72. The summed E-state index contributed by atoms with van der Waals surface area (Å²) in [6.07, 6.45) is 6.31. The lowest BCUT2D eigenvalue weighted by Gasteiger charge is -2.40. The number of rotatable bonds is 2. The van der Waals surface area contributed by atoms with E-state index < -0.39 is 5.79 Å². The lowest BCUT2D eigenvalue weighted by molar-refractivity contribution is 0.119. The van der Waals surface area contributed by atoms with E-state index in [1.54, 1.807) is 6.08 Å². The summed E-state index contributed by atoms with van der Waals surface area (Å²) in [5, 5.41) is 7.97. The fourth-order valence-electron chi connectivity index (χ4n) is 3.43. The quantitative estimate of drug-likeness (QED) is 0.751. The zero-order chi connectivity index (χ0) is 14.3. The largest absolute Gasteiger partial charge is 0.385 e. The van der Waals surface area contributed by atoms with E-state index in [-0.39, 0.29) is 0 Å². The number of aliphatic imine (C=N–C) groups is 1. The van der Waals surface area contributed by atoms with E-state index in [0.717, 1.165) is 24.2 Å². The molecule has 1 aliphatic carbocycles. The van der Waals surface area contributed by atoms with E-state index >= 15 is 0 Å². The van der Waals surface area contributed by atoms with Crippen molar-refractivity contribution in [1.29, 1.82) is 0 Å². The van der Waals surface area contributed by atoms with Crippen LogP contribution in [0, 0.1) is 19.8 Å². The van der Waals surface area contributed by atoms with E-state index in [2.05, 4.69) is 16.5 Å². The van der Waals surface area contributed by atoms with Crippen LogP contribution in [0.5, 0.6) is 0 Å². The average molecular weight is 274 g/mol. The van der Waals surface area contributed by atoms with E-state index in [4.69, 9.17) is 16.5 Å². The van der Waals surface area contributed by atoms with Crippen molar-refractivity contribution in [2.24, 2.45) is 22.4 Å². The lowest BCUT2D eigenvalue weighted by atomic mass is 9.97. The Hall–Kier alpha value is -1.98. The van der Waals surface area contributed by atoms with Crippen LogP contribution in [0.15, 0.2) is 23.0 Å². The zero-order valence-electron chi connectivity index (χ0n) is 12.1. The number of amidine groups is 1.